The molecule has 0 bridgehead atoms. The number of nitrogens with one attached hydrogen (secondary N) is 1. The fraction of sp³-hybridized carbons (Fsp3) is 0.217. The lowest BCUT2D eigenvalue weighted by Crippen LogP contribution is -2.39. The van der Waals surface area contributed by atoms with Gasteiger partial charge in [0.15, 0.2) is 17.5 Å². The Balaban J connectivity index is 1.54. The third kappa shape index (κ3) is 2.91. The Bertz CT molecular complexity index is 1370. The van der Waals surface area contributed by atoms with Crippen LogP contribution in [-0.4, -0.2) is 32.1 Å². The van der Waals surface area contributed by atoms with Gasteiger partial charge in [0.05, 0.1) is 22.9 Å². The molecule has 1 amide bonds. The van der Waals surface area contributed by atoms with Gasteiger partial charge in [-0.1, -0.05) is 0 Å². The molecule has 5 nitrogen and oxygen atoms in total. The number of carbonyl (C=O) groups excluding carboxylic acids is 1. The minimum Gasteiger partial charge on any atom is -0.359 e. The number of hydrogen-bond acceptors (Lipinski definition) is 2. The molecule has 4 aromatic rings. The van der Waals surface area contributed by atoms with Crippen molar-refractivity contribution in [3.05, 3.63) is 76.6 Å². The summed E-state index contributed by atoms with van der Waals surface area (Å²) in [4.78, 5) is 17.8. The molecule has 1 aliphatic rings. The third-order valence-electron chi connectivity index (χ3n) is 6.06. The van der Waals surface area contributed by atoms with Crippen LogP contribution in [0.3, 0.4) is 0 Å². The van der Waals surface area contributed by atoms with Gasteiger partial charge >= 0.3 is 0 Å². The van der Waals surface area contributed by atoms with Gasteiger partial charge in [0.25, 0.3) is 5.91 Å². The van der Waals surface area contributed by atoms with Crippen LogP contribution >= 0.6 is 0 Å². The van der Waals surface area contributed by atoms with Crippen LogP contribution < -0.4 is 0 Å². The molecule has 5 rings (SSSR count). The van der Waals surface area contributed by atoms with Gasteiger partial charge < -0.3 is 9.88 Å². The number of rotatable bonds is 2. The van der Waals surface area contributed by atoms with Crippen molar-refractivity contribution in [1.82, 2.24) is 19.7 Å². The Morgan fingerprint density at radius 3 is 2.53 bits per heavy atom. The van der Waals surface area contributed by atoms with E-state index in [2.05, 4.69) is 10.1 Å². The molecule has 9 heteroatoms. The second kappa shape index (κ2) is 7.22. The van der Waals surface area contributed by atoms with Crippen LogP contribution in [0.15, 0.2) is 36.5 Å². The van der Waals surface area contributed by atoms with E-state index in [0.29, 0.717) is 35.3 Å². The highest BCUT2D eigenvalue weighted by atomic mass is 19.2. The zero-order valence-electron chi connectivity index (χ0n) is 17.2. The average molecular weight is 442 g/mol. The first-order valence-electron chi connectivity index (χ1n) is 10.0. The Morgan fingerprint density at radius 2 is 1.81 bits per heavy atom. The van der Waals surface area contributed by atoms with Gasteiger partial charge in [0.1, 0.15) is 5.82 Å². The summed E-state index contributed by atoms with van der Waals surface area (Å²) in [6, 6.07) is 5.83. The predicted octanol–water partition coefficient (Wildman–Crippen LogP) is 4.88. The monoisotopic (exact) mass is 442 g/mol. The summed E-state index contributed by atoms with van der Waals surface area (Å²) in [5, 5.41) is 4.99. The second-order valence-electron chi connectivity index (χ2n) is 7.88. The summed E-state index contributed by atoms with van der Waals surface area (Å²) in [7, 11) is 1.63. The summed E-state index contributed by atoms with van der Waals surface area (Å²) >= 11 is 0. The van der Waals surface area contributed by atoms with E-state index in [1.54, 1.807) is 24.2 Å². The molecule has 3 heterocycles. The van der Waals surface area contributed by atoms with E-state index in [0.717, 1.165) is 17.7 Å². The molecule has 0 radical (unpaired) electrons. The molecule has 1 atom stereocenters. The standard InChI is InChI=1S/C23H18F4N4O/c1-11-20-15(22(30(2)29-20)12-9-17(25)19(27)18(26)10-12)6-8-31(11)23(32)14-3-4-16(24)21-13(14)5-7-28-21/h3-5,7,9-11,28H,6,8H2,1-2H3/t11-/m0/s1. The van der Waals surface area contributed by atoms with Crippen LogP contribution in [0.25, 0.3) is 22.2 Å². The Hall–Kier alpha value is -3.62. The van der Waals surface area contributed by atoms with Crippen LogP contribution in [-0.2, 0) is 13.5 Å². The smallest absolute Gasteiger partial charge is 0.255 e. The summed E-state index contributed by atoms with van der Waals surface area (Å²) in [6.45, 7) is 2.15. The van der Waals surface area contributed by atoms with Gasteiger partial charge in [-0.15, -0.1) is 0 Å². The molecule has 1 N–H and O–H groups in total. The second-order valence-corrected chi connectivity index (χ2v) is 7.88. The number of amides is 1. The zero-order chi connectivity index (χ0) is 22.7. The lowest BCUT2D eigenvalue weighted by atomic mass is 9.94. The average Bonchev–Trinajstić information content (AvgIpc) is 3.37. The Labute approximate surface area is 180 Å². The quantitative estimate of drug-likeness (QED) is 0.355. The molecule has 2 aromatic carbocycles. The van der Waals surface area contributed by atoms with E-state index in [1.165, 1.54) is 16.8 Å². The summed E-state index contributed by atoms with van der Waals surface area (Å²) in [5.41, 5.74) is 2.64. The Morgan fingerprint density at radius 1 is 1.09 bits per heavy atom. The molecule has 2 aromatic heterocycles. The van der Waals surface area contributed by atoms with Gasteiger partial charge in [-0.3, -0.25) is 9.48 Å². The maximum atomic E-state index is 14.0. The van der Waals surface area contributed by atoms with E-state index < -0.39 is 29.3 Å². The minimum absolute atomic E-state index is 0.178. The van der Waals surface area contributed by atoms with Crippen molar-refractivity contribution in [2.45, 2.75) is 19.4 Å². The van der Waals surface area contributed by atoms with Crippen molar-refractivity contribution in [2.24, 2.45) is 7.05 Å². The molecule has 0 saturated carbocycles. The topological polar surface area (TPSA) is 53.9 Å². The maximum absolute atomic E-state index is 14.0. The zero-order valence-corrected chi connectivity index (χ0v) is 17.2. The van der Waals surface area contributed by atoms with Crippen LogP contribution in [0, 0.1) is 23.3 Å². The summed E-state index contributed by atoms with van der Waals surface area (Å²) in [5.74, 6) is -4.78. The first-order chi connectivity index (χ1) is 15.3. The Kier molecular flexibility index (Phi) is 4.58. The summed E-state index contributed by atoms with van der Waals surface area (Å²) in [6.07, 6.45) is 1.97. The fourth-order valence-electron chi connectivity index (χ4n) is 4.54. The van der Waals surface area contributed by atoms with E-state index in [9.17, 15) is 22.4 Å². The van der Waals surface area contributed by atoms with Gasteiger partial charge in [0.2, 0.25) is 0 Å². The van der Waals surface area contributed by atoms with Gasteiger partial charge in [-0.2, -0.15) is 5.10 Å². The molecule has 164 valence electrons. The molecule has 0 fully saturated rings. The lowest BCUT2D eigenvalue weighted by Gasteiger charge is -2.33. The van der Waals surface area contributed by atoms with Crippen LogP contribution in [0.5, 0.6) is 0 Å². The van der Waals surface area contributed by atoms with Crippen molar-refractivity contribution < 1.29 is 22.4 Å². The van der Waals surface area contributed by atoms with Gasteiger partial charge in [0, 0.05) is 41.9 Å². The number of aryl methyl sites for hydroxylation is 1. The molecule has 0 saturated heterocycles. The predicted molar refractivity (Wildman–Crippen MR) is 110 cm³/mol. The molecule has 0 unspecified atom stereocenters. The van der Waals surface area contributed by atoms with Crippen LogP contribution in [0.1, 0.15) is 34.6 Å². The van der Waals surface area contributed by atoms with E-state index in [-0.39, 0.29) is 17.0 Å². The fourth-order valence-corrected chi connectivity index (χ4v) is 4.54. The number of halogens is 4. The first-order valence-corrected chi connectivity index (χ1v) is 10.0. The molecule has 32 heavy (non-hydrogen) atoms. The highest BCUT2D eigenvalue weighted by Crippen LogP contribution is 2.37. The normalized spacial score (nSPS) is 15.9. The summed E-state index contributed by atoms with van der Waals surface area (Å²) < 4.78 is 56.6. The van der Waals surface area contributed by atoms with Crippen LogP contribution in [0.2, 0.25) is 0 Å². The number of H-pyrrole nitrogens is 1. The minimum atomic E-state index is -1.52. The highest BCUT2D eigenvalue weighted by Gasteiger charge is 2.34. The number of hydrogen-bond donors (Lipinski definition) is 1. The maximum Gasteiger partial charge on any atom is 0.255 e. The number of aromatic nitrogens is 3. The van der Waals surface area contributed by atoms with Crippen molar-refractivity contribution in [2.75, 3.05) is 6.54 Å². The largest absolute Gasteiger partial charge is 0.359 e. The highest BCUT2D eigenvalue weighted by molar-refractivity contribution is 6.06. The van der Waals surface area contributed by atoms with Crippen LogP contribution in [0.4, 0.5) is 17.6 Å². The van der Waals surface area contributed by atoms with Crippen molar-refractivity contribution in [3.8, 4) is 11.3 Å². The molecular weight excluding hydrogens is 424 g/mol. The molecular formula is C23H18F4N4O. The van der Waals surface area contributed by atoms with Crippen molar-refractivity contribution in [1.29, 1.82) is 0 Å². The number of nitrogens with zero attached hydrogens (tertiary/aromatic N) is 3. The number of benzene rings is 2. The van der Waals surface area contributed by atoms with E-state index >= 15 is 0 Å². The lowest BCUT2D eigenvalue weighted by molar-refractivity contribution is 0.0675. The van der Waals surface area contributed by atoms with Gasteiger partial charge in [-0.25, -0.2) is 17.6 Å². The number of carbonyl (C=O) groups is 1. The van der Waals surface area contributed by atoms with Crippen molar-refractivity contribution >= 4 is 16.8 Å². The molecule has 1 aliphatic heterocycles. The van der Waals surface area contributed by atoms with Gasteiger partial charge in [-0.05, 0) is 43.7 Å². The third-order valence-corrected chi connectivity index (χ3v) is 6.06. The van der Waals surface area contributed by atoms with E-state index in [4.69, 9.17) is 0 Å². The SMILES string of the molecule is C[C@H]1c2nn(C)c(-c3cc(F)c(F)c(F)c3)c2CCN1C(=O)c1ccc(F)c2[nH]ccc12. The van der Waals surface area contributed by atoms with Crippen molar-refractivity contribution in [3.63, 3.8) is 0 Å². The van der Waals surface area contributed by atoms with E-state index in [1.807, 2.05) is 6.92 Å². The number of aromatic amines is 1. The molecule has 0 spiro atoms. The number of fused-ring (bicyclic) bond motifs is 2. The first kappa shape index (κ1) is 20.3. The molecule has 0 aliphatic carbocycles.